The number of nitrogens with one attached hydrogen (secondary N) is 1. The first kappa shape index (κ1) is 19.2. The summed E-state index contributed by atoms with van der Waals surface area (Å²) in [5.41, 5.74) is 1.10. The first-order valence-corrected chi connectivity index (χ1v) is 10.0. The molecule has 0 bridgehead atoms. The van der Waals surface area contributed by atoms with Crippen LogP contribution in [0, 0.1) is 0 Å². The zero-order valence-corrected chi connectivity index (χ0v) is 16.4. The van der Waals surface area contributed by atoms with E-state index >= 15 is 0 Å². The van der Waals surface area contributed by atoms with E-state index in [2.05, 4.69) is 5.32 Å². The number of hydrogen-bond donors (Lipinski definition) is 1. The molecule has 1 atom stereocenters. The summed E-state index contributed by atoms with van der Waals surface area (Å²) >= 11 is 0. The van der Waals surface area contributed by atoms with Crippen LogP contribution in [0.2, 0.25) is 0 Å². The minimum atomic E-state index is -1.11. The van der Waals surface area contributed by atoms with Gasteiger partial charge in [-0.15, -0.1) is 0 Å². The van der Waals surface area contributed by atoms with Gasteiger partial charge in [-0.05, 0) is 35.7 Å². The quantitative estimate of drug-likeness (QED) is 0.579. The van der Waals surface area contributed by atoms with Crippen molar-refractivity contribution >= 4 is 17.7 Å². The largest absolute Gasteiger partial charge is 0.493 e. The van der Waals surface area contributed by atoms with Crippen molar-refractivity contribution in [3.05, 3.63) is 65.2 Å². The molecule has 0 aromatic heterocycles. The average Bonchev–Trinajstić information content (AvgIpc) is 3.31. The summed E-state index contributed by atoms with van der Waals surface area (Å²) in [6, 6.07) is 14.0. The monoisotopic (exact) mass is 392 g/mol. The van der Waals surface area contributed by atoms with Crippen LogP contribution in [0.4, 0.5) is 4.79 Å². The van der Waals surface area contributed by atoms with Gasteiger partial charge >= 0.3 is 6.03 Å². The van der Waals surface area contributed by atoms with Gasteiger partial charge in [-0.1, -0.05) is 50.1 Å². The van der Waals surface area contributed by atoms with E-state index < -0.39 is 11.6 Å². The highest BCUT2D eigenvalue weighted by molar-refractivity contribution is 6.11. The van der Waals surface area contributed by atoms with Gasteiger partial charge in [0.05, 0.1) is 13.2 Å². The van der Waals surface area contributed by atoms with Crippen molar-refractivity contribution < 1.29 is 19.1 Å². The molecule has 0 aliphatic carbocycles. The van der Waals surface area contributed by atoms with Gasteiger partial charge in [-0.3, -0.25) is 14.5 Å². The van der Waals surface area contributed by atoms with E-state index in [-0.39, 0.29) is 18.2 Å². The van der Waals surface area contributed by atoms with Crippen LogP contribution in [0.3, 0.4) is 0 Å². The molecule has 29 heavy (non-hydrogen) atoms. The van der Waals surface area contributed by atoms with E-state index in [0.717, 1.165) is 41.0 Å². The number of nitrogens with zero attached hydrogens (tertiary/aromatic N) is 1. The number of benzene rings is 2. The summed E-state index contributed by atoms with van der Waals surface area (Å²) in [5.74, 6) is 0.168. The molecule has 0 saturated carbocycles. The molecule has 150 valence electrons. The number of Topliss-reactive ketones (excluding diaryl/α,β-unsaturated/α-hetero) is 1. The molecule has 2 heterocycles. The lowest BCUT2D eigenvalue weighted by Gasteiger charge is -2.27. The van der Waals surface area contributed by atoms with Crippen molar-refractivity contribution in [3.63, 3.8) is 0 Å². The molecule has 2 aliphatic heterocycles. The van der Waals surface area contributed by atoms with Crippen LogP contribution in [-0.2, 0) is 16.8 Å². The maximum atomic E-state index is 13.4. The Kier molecular flexibility index (Phi) is 5.09. The van der Waals surface area contributed by atoms with Crippen LogP contribution in [0.5, 0.6) is 5.75 Å². The van der Waals surface area contributed by atoms with E-state index in [4.69, 9.17) is 4.74 Å². The van der Waals surface area contributed by atoms with Crippen molar-refractivity contribution in [1.82, 2.24) is 10.2 Å². The average molecular weight is 392 g/mol. The number of carbonyl (C=O) groups is 3. The van der Waals surface area contributed by atoms with Gasteiger partial charge in [0.15, 0.2) is 5.78 Å². The summed E-state index contributed by atoms with van der Waals surface area (Å²) in [6.45, 7) is 2.38. The Balaban J connectivity index is 1.59. The lowest BCUT2D eigenvalue weighted by Crippen LogP contribution is -2.44. The smallest absolute Gasteiger partial charge is 0.325 e. The molecule has 0 spiro atoms. The van der Waals surface area contributed by atoms with E-state index in [1.807, 2.05) is 37.3 Å². The fourth-order valence-electron chi connectivity index (χ4n) is 4.04. The van der Waals surface area contributed by atoms with Gasteiger partial charge in [0.2, 0.25) is 0 Å². The van der Waals surface area contributed by atoms with Gasteiger partial charge in [0.25, 0.3) is 5.91 Å². The summed E-state index contributed by atoms with van der Waals surface area (Å²) in [4.78, 5) is 40.0. The molecule has 4 rings (SSSR count). The Morgan fingerprint density at radius 2 is 1.97 bits per heavy atom. The Morgan fingerprint density at radius 1 is 1.17 bits per heavy atom. The second kappa shape index (κ2) is 7.70. The van der Waals surface area contributed by atoms with Gasteiger partial charge in [0, 0.05) is 12.0 Å². The Hall–Kier alpha value is -3.15. The van der Waals surface area contributed by atoms with Gasteiger partial charge < -0.3 is 10.1 Å². The predicted octanol–water partition coefficient (Wildman–Crippen LogP) is 3.44. The number of amides is 3. The van der Waals surface area contributed by atoms with Crippen LogP contribution >= 0.6 is 0 Å². The second-order valence-corrected chi connectivity index (χ2v) is 7.54. The van der Waals surface area contributed by atoms with Gasteiger partial charge in [0.1, 0.15) is 11.3 Å². The SMILES string of the molecule is CCCCC1(c2ccccc2)NC(=O)N(CC(=O)c2ccc3c(c2)CCO3)C1=O. The molecule has 1 saturated heterocycles. The molecule has 1 N–H and O–H groups in total. The molecule has 1 unspecified atom stereocenters. The minimum absolute atomic E-state index is 0.262. The highest BCUT2D eigenvalue weighted by Crippen LogP contribution is 2.34. The topological polar surface area (TPSA) is 75.7 Å². The van der Waals surface area contributed by atoms with Gasteiger partial charge in [-0.25, -0.2) is 4.79 Å². The molecule has 2 aromatic carbocycles. The molecular weight excluding hydrogens is 368 g/mol. The number of rotatable bonds is 7. The first-order valence-electron chi connectivity index (χ1n) is 10.0. The fourth-order valence-corrected chi connectivity index (χ4v) is 4.04. The number of ether oxygens (including phenoxy) is 1. The number of ketones is 1. The molecule has 0 radical (unpaired) electrons. The molecule has 1 fully saturated rings. The van der Waals surface area contributed by atoms with Gasteiger partial charge in [-0.2, -0.15) is 0 Å². The lowest BCUT2D eigenvalue weighted by atomic mass is 9.85. The molecular formula is C23H24N2O4. The zero-order valence-electron chi connectivity index (χ0n) is 16.4. The van der Waals surface area contributed by atoms with Crippen LogP contribution in [0.1, 0.15) is 47.7 Å². The lowest BCUT2D eigenvalue weighted by molar-refractivity contribution is -0.131. The zero-order chi connectivity index (χ0) is 20.4. The number of fused-ring (bicyclic) bond motifs is 1. The maximum absolute atomic E-state index is 13.4. The number of carbonyl (C=O) groups excluding carboxylic acids is 3. The van der Waals surface area contributed by atoms with Crippen molar-refractivity contribution in [3.8, 4) is 5.75 Å². The number of unbranched alkanes of at least 4 members (excludes halogenated alkanes) is 1. The molecule has 2 aromatic rings. The summed E-state index contributed by atoms with van der Waals surface area (Å²) < 4.78 is 5.47. The first-order chi connectivity index (χ1) is 14.0. The predicted molar refractivity (Wildman–Crippen MR) is 108 cm³/mol. The number of urea groups is 1. The van der Waals surface area contributed by atoms with Crippen molar-refractivity contribution in [2.24, 2.45) is 0 Å². The van der Waals surface area contributed by atoms with E-state index in [1.54, 1.807) is 18.2 Å². The normalized spacial score (nSPS) is 20.4. The maximum Gasteiger partial charge on any atom is 0.325 e. The minimum Gasteiger partial charge on any atom is -0.493 e. The fraction of sp³-hybridized carbons (Fsp3) is 0.348. The number of imide groups is 1. The Bertz CT molecular complexity index is 957. The van der Waals surface area contributed by atoms with Crippen LogP contribution < -0.4 is 10.1 Å². The summed E-state index contributed by atoms with van der Waals surface area (Å²) in [5, 5.41) is 2.88. The molecule has 6 heteroatoms. The van der Waals surface area contributed by atoms with E-state index in [9.17, 15) is 14.4 Å². The summed E-state index contributed by atoms with van der Waals surface area (Å²) in [6.07, 6.45) is 2.94. The van der Waals surface area contributed by atoms with Crippen LogP contribution in [0.15, 0.2) is 48.5 Å². The molecule has 6 nitrogen and oxygen atoms in total. The van der Waals surface area contributed by atoms with E-state index in [1.165, 1.54) is 0 Å². The van der Waals surface area contributed by atoms with Crippen molar-refractivity contribution in [1.29, 1.82) is 0 Å². The van der Waals surface area contributed by atoms with E-state index in [0.29, 0.717) is 18.6 Å². The molecule has 2 aliphatic rings. The standard InChI is InChI=1S/C23H24N2O4/c1-2-3-12-23(18-7-5-4-6-8-18)21(27)25(22(28)24-23)15-19(26)16-9-10-20-17(14-16)11-13-29-20/h4-10,14H,2-3,11-13,15H2,1H3,(H,24,28). The van der Waals surface area contributed by atoms with Crippen LogP contribution in [-0.4, -0.2) is 35.8 Å². The third-order valence-electron chi connectivity index (χ3n) is 5.66. The number of hydrogen-bond acceptors (Lipinski definition) is 4. The third kappa shape index (κ3) is 3.39. The third-order valence-corrected chi connectivity index (χ3v) is 5.66. The summed E-state index contributed by atoms with van der Waals surface area (Å²) in [7, 11) is 0. The molecule has 3 amide bonds. The Labute approximate surface area is 169 Å². The highest BCUT2D eigenvalue weighted by Gasteiger charge is 2.52. The second-order valence-electron chi connectivity index (χ2n) is 7.54. The van der Waals surface area contributed by atoms with Crippen molar-refractivity contribution in [2.75, 3.05) is 13.2 Å². The highest BCUT2D eigenvalue weighted by atomic mass is 16.5. The Morgan fingerprint density at radius 3 is 2.72 bits per heavy atom. The van der Waals surface area contributed by atoms with Crippen LogP contribution in [0.25, 0.3) is 0 Å². The van der Waals surface area contributed by atoms with Crippen molar-refractivity contribution in [2.45, 2.75) is 38.1 Å².